The van der Waals surface area contributed by atoms with Crippen molar-refractivity contribution in [3.63, 3.8) is 0 Å². The van der Waals surface area contributed by atoms with Crippen molar-refractivity contribution in [2.75, 3.05) is 11.9 Å². The van der Waals surface area contributed by atoms with E-state index in [1.807, 2.05) is 6.92 Å². The third kappa shape index (κ3) is 4.60. The number of hydrogen-bond acceptors (Lipinski definition) is 2. The molecule has 0 radical (unpaired) electrons. The number of carbonyl (C=O) groups is 1. The van der Waals surface area contributed by atoms with Crippen molar-refractivity contribution in [3.8, 4) is 5.75 Å². The average Bonchev–Trinajstić information content (AvgIpc) is 2.49. The zero-order chi connectivity index (χ0) is 17.0. The molecule has 122 valence electrons. The minimum absolute atomic E-state index is 0.250. The Morgan fingerprint density at radius 3 is 2.39 bits per heavy atom. The first kappa shape index (κ1) is 17.6. The molecule has 2 aromatic rings. The second-order valence-corrected chi connectivity index (χ2v) is 5.84. The van der Waals surface area contributed by atoms with Crippen LogP contribution in [-0.2, 0) is 6.18 Å². The average molecular weight is 435 g/mol. The van der Waals surface area contributed by atoms with Crippen LogP contribution in [0.25, 0.3) is 0 Å². The number of hydrogen-bond donors (Lipinski definition) is 1. The molecular formula is C16H13F3INO2. The topological polar surface area (TPSA) is 38.3 Å². The second-order valence-electron chi connectivity index (χ2n) is 4.60. The Balaban J connectivity index is 2.23. The number of alkyl halides is 3. The number of carbonyl (C=O) groups excluding carboxylic acids is 1. The number of ether oxygens (including phenoxy) is 1. The summed E-state index contributed by atoms with van der Waals surface area (Å²) in [6.07, 6.45) is -4.54. The van der Waals surface area contributed by atoms with Crippen LogP contribution in [0.1, 0.15) is 22.8 Å². The first-order valence-corrected chi connectivity index (χ1v) is 7.80. The summed E-state index contributed by atoms with van der Waals surface area (Å²) in [6, 6.07) is 9.93. The maximum atomic E-state index is 13.0. The van der Waals surface area contributed by atoms with Gasteiger partial charge in [-0.3, -0.25) is 4.79 Å². The summed E-state index contributed by atoms with van der Waals surface area (Å²) < 4.78 is 44.8. The number of rotatable bonds is 4. The number of halogens is 4. The highest BCUT2D eigenvalue weighted by atomic mass is 127. The van der Waals surface area contributed by atoms with Gasteiger partial charge in [0.25, 0.3) is 5.91 Å². The predicted molar refractivity (Wildman–Crippen MR) is 89.7 cm³/mol. The number of benzene rings is 2. The van der Waals surface area contributed by atoms with Crippen LogP contribution >= 0.6 is 22.6 Å². The highest BCUT2D eigenvalue weighted by molar-refractivity contribution is 14.1. The van der Waals surface area contributed by atoms with E-state index in [1.165, 1.54) is 24.3 Å². The van der Waals surface area contributed by atoms with Crippen LogP contribution in [0.4, 0.5) is 18.9 Å². The van der Waals surface area contributed by atoms with Crippen LogP contribution in [-0.4, -0.2) is 12.5 Å². The van der Waals surface area contributed by atoms with Gasteiger partial charge >= 0.3 is 6.18 Å². The molecule has 0 fully saturated rings. The molecule has 1 amide bonds. The Morgan fingerprint density at radius 1 is 1.17 bits per heavy atom. The molecule has 0 heterocycles. The highest BCUT2D eigenvalue weighted by Crippen LogP contribution is 2.36. The van der Waals surface area contributed by atoms with Gasteiger partial charge in [-0.2, -0.15) is 13.2 Å². The van der Waals surface area contributed by atoms with E-state index in [2.05, 4.69) is 5.32 Å². The molecule has 0 aliphatic rings. The van der Waals surface area contributed by atoms with Crippen LogP contribution in [0, 0.1) is 3.57 Å². The van der Waals surface area contributed by atoms with Crippen molar-refractivity contribution in [1.82, 2.24) is 0 Å². The molecule has 3 nitrogen and oxygen atoms in total. The summed E-state index contributed by atoms with van der Waals surface area (Å²) in [4.78, 5) is 12.1. The van der Waals surface area contributed by atoms with Gasteiger partial charge in [0.1, 0.15) is 5.75 Å². The molecule has 23 heavy (non-hydrogen) atoms. The lowest BCUT2D eigenvalue weighted by molar-refractivity contribution is -0.137. The number of amides is 1. The van der Waals surface area contributed by atoms with Gasteiger partial charge in [0.15, 0.2) is 0 Å². The maximum absolute atomic E-state index is 13.0. The van der Waals surface area contributed by atoms with E-state index in [0.717, 1.165) is 6.07 Å². The normalized spacial score (nSPS) is 11.2. The molecule has 0 aliphatic carbocycles. The fourth-order valence-corrected chi connectivity index (χ4v) is 2.41. The minimum atomic E-state index is -4.54. The van der Waals surface area contributed by atoms with Crippen LogP contribution in [0.5, 0.6) is 5.75 Å². The fourth-order valence-electron chi connectivity index (χ4n) is 1.92. The molecule has 0 aromatic heterocycles. The van der Waals surface area contributed by atoms with Gasteiger partial charge in [0.2, 0.25) is 0 Å². The summed E-state index contributed by atoms with van der Waals surface area (Å²) in [6.45, 7) is 2.32. The van der Waals surface area contributed by atoms with Gasteiger partial charge < -0.3 is 10.1 Å². The fraction of sp³-hybridized carbons (Fsp3) is 0.188. The Kier molecular flexibility index (Phi) is 5.51. The minimum Gasteiger partial charge on any atom is -0.494 e. The van der Waals surface area contributed by atoms with Crippen LogP contribution in [0.15, 0.2) is 42.5 Å². The SMILES string of the molecule is CCOc1ccc(C(=O)Nc2ccc(I)cc2C(F)(F)F)cc1. The molecular weight excluding hydrogens is 422 g/mol. The van der Waals surface area contributed by atoms with Crippen LogP contribution in [0.2, 0.25) is 0 Å². The molecule has 7 heteroatoms. The monoisotopic (exact) mass is 435 g/mol. The largest absolute Gasteiger partial charge is 0.494 e. The van der Waals surface area contributed by atoms with Gasteiger partial charge in [-0.05, 0) is 72.0 Å². The molecule has 0 unspecified atom stereocenters. The maximum Gasteiger partial charge on any atom is 0.418 e. The lowest BCUT2D eigenvalue weighted by Gasteiger charge is -2.14. The Hall–Kier alpha value is -1.77. The van der Waals surface area contributed by atoms with Crippen molar-refractivity contribution in [2.24, 2.45) is 0 Å². The van der Waals surface area contributed by atoms with Crippen molar-refractivity contribution >= 4 is 34.2 Å². The second kappa shape index (κ2) is 7.20. The zero-order valence-electron chi connectivity index (χ0n) is 12.1. The van der Waals surface area contributed by atoms with E-state index in [-0.39, 0.29) is 11.3 Å². The first-order chi connectivity index (χ1) is 10.8. The summed E-state index contributed by atoms with van der Waals surface area (Å²) in [5, 5.41) is 2.31. The summed E-state index contributed by atoms with van der Waals surface area (Å²) in [5.41, 5.74) is -0.888. The van der Waals surface area contributed by atoms with Crippen molar-refractivity contribution in [3.05, 3.63) is 57.2 Å². The van der Waals surface area contributed by atoms with Crippen molar-refractivity contribution in [2.45, 2.75) is 13.1 Å². The molecule has 2 rings (SSSR count). The van der Waals surface area contributed by atoms with Gasteiger partial charge in [0, 0.05) is 9.13 Å². The summed E-state index contributed by atoms with van der Waals surface area (Å²) in [5.74, 6) is -0.0194. The Labute approximate surface area is 145 Å². The predicted octanol–water partition coefficient (Wildman–Crippen LogP) is 4.96. The third-order valence-electron chi connectivity index (χ3n) is 2.96. The van der Waals surface area contributed by atoms with Crippen molar-refractivity contribution in [1.29, 1.82) is 0 Å². The van der Waals surface area contributed by atoms with E-state index in [0.29, 0.717) is 15.9 Å². The number of nitrogens with one attached hydrogen (secondary N) is 1. The Bertz CT molecular complexity index is 699. The van der Waals surface area contributed by atoms with E-state index in [4.69, 9.17) is 4.74 Å². The molecule has 0 spiro atoms. The molecule has 0 aliphatic heterocycles. The van der Waals surface area contributed by atoms with Crippen LogP contribution < -0.4 is 10.1 Å². The lowest BCUT2D eigenvalue weighted by atomic mass is 10.1. The van der Waals surface area contributed by atoms with Gasteiger partial charge in [-0.25, -0.2) is 0 Å². The number of anilines is 1. The van der Waals surface area contributed by atoms with E-state index in [1.54, 1.807) is 34.7 Å². The zero-order valence-corrected chi connectivity index (χ0v) is 14.2. The molecule has 0 atom stereocenters. The van der Waals surface area contributed by atoms with Gasteiger partial charge in [-0.1, -0.05) is 0 Å². The van der Waals surface area contributed by atoms with Gasteiger partial charge in [0.05, 0.1) is 17.9 Å². The van der Waals surface area contributed by atoms with Gasteiger partial charge in [-0.15, -0.1) is 0 Å². The van der Waals surface area contributed by atoms with Crippen molar-refractivity contribution < 1.29 is 22.7 Å². The Morgan fingerprint density at radius 2 is 1.83 bits per heavy atom. The van der Waals surface area contributed by atoms with E-state index in [9.17, 15) is 18.0 Å². The highest BCUT2D eigenvalue weighted by Gasteiger charge is 2.34. The molecule has 0 saturated heterocycles. The molecule has 2 aromatic carbocycles. The van der Waals surface area contributed by atoms with E-state index >= 15 is 0 Å². The van der Waals surface area contributed by atoms with Crippen LogP contribution in [0.3, 0.4) is 0 Å². The first-order valence-electron chi connectivity index (χ1n) is 6.72. The quantitative estimate of drug-likeness (QED) is 0.690. The molecule has 0 saturated carbocycles. The summed E-state index contributed by atoms with van der Waals surface area (Å²) in [7, 11) is 0. The molecule has 0 bridgehead atoms. The molecule has 1 N–H and O–H groups in total. The standard InChI is InChI=1S/C16H13F3INO2/c1-2-23-12-6-3-10(4-7-12)15(22)21-14-8-5-11(20)9-13(14)16(17,18)19/h3-9H,2H2,1H3,(H,21,22). The summed E-state index contributed by atoms with van der Waals surface area (Å²) >= 11 is 1.79. The lowest BCUT2D eigenvalue weighted by Crippen LogP contribution is -2.16. The smallest absolute Gasteiger partial charge is 0.418 e. The van der Waals surface area contributed by atoms with E-state index < -0.39 is 17.6 Å². The third-order valence-corrected chi connectivity index (χ3v) is 3.63.